The Bertz CT molecular complexity index is 285. The number of ether oxygens (including phenoxy) is 3. The number of unbranched alkanes of at least 4 members (excludes halogenated alkanes) is 11. The monoisotopic (exact) mass is 360 g/mol. The number of hydrogen-bond acceptors (Lipinski definition) is 4. The zero-order valence-electron chi connectivity index (χ0n) is 16.5. The van der Waals surface area contributed by atoms with Gasteiger partial charge in [0, 0.05) is 34.2 Å². The SMILES string of the molecule is COC(CCCCCCCCCCCCCCC(=O)[SiH3])(OC)OC. The number of methoxy groups -OCH3 is 3. The number of rotatable bonds is 18. The van der Waals surface area contributed by atoms with E-state index in [-0.39, 0.29) is 0 Å². The third-order valence-corrected chi connectivity index (χ3v) is 5.19. The highest BCUT2D eigenvalue weighted by Gasteiger charge is 2.28. The largest absolute Gasteiger partial charge is 0.331 e. The zero-order valence-corrected chi connectivity index (χ0v) is 18.5. The molecule has 0 fully saturated rings. The summed E-state index contributed by atoms with van der Waals surface area (Å²) < 4.78 is 15.9. The molecule has 0 heterocycles. The van der Waals surface area contributed by atoms with Crippen LogP contribution < -0.4 is 0 Å². The smallest absolute Gasteiger partial charge is 0.282 e. The zero-order chi connectivity index (χ0) is 18.1. The number of carbonyl (C=O) groups is 1. The van der Waals surface area contributed by atoms with Gasteiger partial charge in [-0.2, -0.15) is 0 Å². The van der Waals surface area contributed by atoms with Crippen molar-refractivity contribution in [3.63, 3.8) is 0 Å². The predicted octanol–water partition coefficient (Wildman–Crippen LogP) is 3.93. The standard InChI is InChI=1S/C19H40O4Si/c1-21-19(22-2,23-3)17-15-13-11-9-7-5-4-6-8-10-12-14-16-18(20)24/h4-17H2,1-3,24H3. The molecule has 0 rings (SSSR count). The van der Waals surface area contributed by atoms with E-state index in [1.54, 1.807) is 21.3 Å². The molecule has 0 spiro atoms. The van der Waals surface area contributed by atoms with Crippen LogP contribution in [-0.4, -0.2) is 43.0 Å². The van der Waals surface area contributed by atoms with E-state index in [9.17, 15) is 4.79 Å². The maximum absolute atomic E-state index is 10.9. The molecule has 0 bridgehead atoms. The van der Waals surface area contributed by atoms with Crippen molar-refractivity contribution < 1.29 is 19.0 Å². The van der Waals surface area contributed by atoms with E-state index in [1.807, 2.05) is 0 Å². The summed E-state index contributed by atoms with van der Waals surface area (Å²) in [6.07, 6.45) is 16.9. The van der Waals surface area contributed by atoms with Crippen LogP contribution in [-0.2, 0) is 19.0 Å². The first-order chi connectivity index (χ1) is 11.6. The summed E-state index contributed by atoms with van der Waals surface area (Å²) in [7, 11) is 5.60. The maximum Gasteiger partial charge on any atom is 0.282 e. The van der Waals surface area contributed by atoms with Gasteiger partial charge >= 0.3 is 0 Å². The minimum absolute atomic E-state index is 0.465. The van der Waals surface area contributed by atoms with E-state index in [2.05, 4.69) is 0 Å². The molecule has 0 radical (unpaired) electrons. The molecule has 0 N–H and O–H groups in total. The van der Waals surface area contributed by atoms with Crippen LogP contribution in [0, 0.1) is 0 Å². The molecule has 144 valence electrons. The first-order valence-electron chi connectivity index (χ1n) is 9.75. The summed E-state index contributed by atoms with van der Waals surface area (Å²) in [6.45, 7) is 0. The van der Waals surface area contributed by atoms with Gasteiger partial charge < -0.3 is 19.0 Å². The van der Waals surface area contributed by atoms with E-state index in [0.717, 1.165) is 35.9 Å². The average Bonchev–Trinajstić information content (AvgIpc) is 2.59. The van der Waals surface area contributed by atoms with E-state index < -0.39 is 5.97 Å². The van der Waals surface area contributed by atoms with Gasteiger partial charge in [0.1, 0.15) is 5.41 Å². The molecule has 0 aromatic heterocycles. The van der Waals surface area contributed by atoms with Gasteiger partial charge in [0.05, 0.1) is 10.2 Å². The molecule has 0 aromatic carbocycles. The molecule has 0 aliphatic rings. The fourth-order valence-electron chi connectivity index (χ4n) is 3.04. The molecule has 5 heteroatoms. The molecular weight excluding hydrogens is 320 g/mol. The fourth-order valence-corrected chi connectivity index (χ4v) is 3.39. The number of carbonyl (C=O) groups excluding carboxylic acids is 1. The van der Waals surface area contributed by atoms with Gasteiger partial charge in [-0.1, -0.05) is 64.2 Å². The Balaban J connectivity index is 3.27. The molecule has 0 amide bonds. The van der Waals surface area contributed by atoms with Gasteiger partial charge in [-0.05, 0) is 12.8 Å². The van der Waals surface area contributed by atoms with Crippen molar-refractivity contribution in [2.75, 3.05) is 21.3 Å². The van der Waals surface area contributed by atoms with Crippen LogP contribution in [0.5, 0.6) is 0 Å². The second-order valence-electron chi connectivity index (χ2n) is 6.74. The lowest BCUT2D eigenvalue weighted by atomic mass is 10.0. The minimum Gasteiger partial charge on any atom is -0.331 e. The molecule has 0 aromatic rings. The highest BCUT2D eigenvalue weighted by molar-refractivity contribution is 6.57. The molecule has 0 saturated carbocycles. The highest BCUT2D eigenvalue weighted by atomic mass is 28.1. The van der Waals surface area contributed by atoms with Crippen molar-refractivity contribution >= 4 is 15.6 Å². The van der Waals surface area contributed by atoms with Crippen LogP contribution in [0.4, 0.5) is 0 Å². The van der Waals surface area contributed by atoms with Crippen LogP contribution in [0.1, 0.15) is 89.9 Å². The molecule has 0 atom stereocenters. The van der Waals surface area contributed by atoms with E-state index in [0.29, 0.717) is 5.41 Å². The lowest BCUT2D eigenvalue weighted by Gasteiger charge is -2.28. The van der Waals surface area contributed by atoms with Gasteiger partial charge in [-0.15, -0.1) is 0 Å². The lowest BCUT2D eigenvalue weighted by molar-refractivity contribution is -0.355. The quantitative estimate of drug-likeness (QED) is 0.211. The van der Waals surface area contributed by atoms with Crippen LogP contribution in [0.3, 0.4) is 0 Å². The Morgan fingerprint density at radius 3 is 1.33 bits per heavy atom. The molecule has 0 unspecified atom stereocenters. The van der Waals surface area contributed by atoms with Crippen molar-refractivity contribution in [3.05, 3.63) is 0 Å². The molecule has 0 aliphatic carbocycles. The Morgan fingerprint density at radius 1 is 0.667 bits per heavy atom. The summed E-state index contributed by atoms with van der Waals surface area (Å²) in [5.41, 5.74) is 0. The molecule has 24 heavy (non-hydrogen) atoms. The Hall–Kier alpha value is -0.233. The van der Waals surface area contributed by atoms with Gasteiger partial charge in [0.15, 0.2) is 0 Å². The average molecular weight is 361 g/mol. The van der Waals surface area contributed by atoms with Gasteiger partial charge in [-0.3, -0.25) is 0 Å². The first kappa shape index (κ1) is 23.8. The Kier molecular flexibility index (Phi) is 16.1. The second-order valence-corrected chi connectivity index (χ2v) is 7.86. The van der Waals surface area contributed by atoms with E-state index >= 15 is 0 Å². The van der Waals surface area contributed by atoms with Crippen LogP contribution in [0.15, 0.2) is 0 Å². The summed E-state index contributed by atoms with van der Waals surface area (Å²) >= 11 is 0. The van der Waals surface area contributed by atoms with Crippen LogP contribution in [0.2, 0.25) is 0 Å². The maximum atomic E-state index is 10.9. The van der Waals surface area contributed by atoms with Crippen molar-refractivity contribution in [3.8, 4) is 0 Å². The third kappa shape index (κ3) is 13.1. The lowest BCUT2D eigenvalue weighted by Crippen LogP contribution is -2.35. The van der Waals surface area contributed by atoms with Gasteiger partial charge in [0.25, 0.3) is 5.97 Å². The Labute approximate surface area is 152 Å². The molecule has 0 aliphatic heterocycles. The molecule has 0 saturated heterocycles. The summed E-state index contributed by atoms with van der Waals surface area (Å²) in [6, 6.07) is 0. The van der Waals surface area contributed by atoms with Gasteiger partial charge in [0.2, 0.25) is 0 Å². The molecule has 4 nitrogen and oxygen atoms in total. The topological polar surface area (TPSA) is 44.8 Å². The third-order valence-electron chi connectivity index (χ3n) is 4.69. The predicted molar refractivity (Wildman–Crippen MR) is 103 cm³/mol. The summed E-state index contributed by atoms with van der Waals surface area (Å²) in [5.74, 6) is -0.855. The molecular formula is C19H40O4Si. The van der Waals surface area contributed by atoms with Crippen molar-refractivity contribution in [2.45, 2.75) is 95.9 Å². The fraction of sp³-hybridized carbons (Fsp3) is 0.947. The second kappa shape index (κ2) is 16.2. The van der Waals surface area contributed by atoms with E-state index in [1.165, 1.54) is 64.2 Å². The van der Waals surface area contributed by atoms with Crippen molar-refractivity contribution in [2.24, 2.45) is 0 Å². The summed E-state index contributed by atoms with van der Waals surface area (Å²) in [4.78, 5) is 10.9. The Morgan fingerprint density at radius 2 is 1.00 bits per heavy atom. The minimum atomic E-state index is -0.855. The van der Waals surface area contributed by atoms with Crippen molar-refractivity contribution in [1.29, 1.82) is 0 Å². The highest BCUT2D eigenvalue weighted by Crippen LogP contribution is 2.21. The number of hydrogen-bond donors (Lipinski definition) is 0. The summed E-state index contributed by atoms with van der Waals surface area (Å²) in [5, 5.41) is 0.465. The first-order valence-corrected chi connectivity index (χ1v) is 10.7. The van der Waals surface area contributed by atoms with E-state index in [4.69, 9.17) is 14.2 Å². The van der Waals surface area contributed by atoms with Crippen molar-refractivity contribution in [1.82, 2.24) is 0 Å². The normalized spacial score (nSPS) is 12.0. The van der Waals surface area contributed by atoms with Crippen LogP contribution in [0.25, 0.3) is 0 Å². The van der Waals surface area contributed by atoms with Gasteiger partial charge in [-0.25, -0.2) is 0 Å². The van der Waals surface area contributed by atoms with Crippen LogP contribution >= 0.6 is 0 Å².